The Morgan fingerprint density at radius 1 is 1.50 bits per heavy atom. The van der Waals surface area contributed by atoms with Crippen molar-refractivity contribution in [1.82, 2.24) is 9.97 Å². The van der Waals surface area contributed by atoms with Gasteiger partial charge in [-0.1, -0.05) is 6.92 Å². The molecule has 0 saturated carbocycles. The van der Waals surface area contributed by atoms with Gasteiger partial charge in [0.2, 0.25) is 5.95 Å². The van der Waals surface area contributed by atoms with Gasteiger partial charge in [-0.05, 0) is 18.7 Å². The molecule has 0 aliphatic carbocycles. The van der Waals surface area contributed by atoms with Crippen LogP contribution in [0.25, 0.3) is 0 Å². The molecule has 0 spiro atoms. The van der Waals surface area contributed by atoms with Crippen LogP contribution in [0, 0.1) is 5.92 Å². The molecule has 0 fully saturated rings. The maximum absolute atomic E-state index is 5.50. The van der Waals surface area contributed by atoms with Gasteiger partial charge in [0, 0.05) is 23.8 Å². The van der Waals surface area contributed by atoms with Gasteiger partial charge in [-0.15, -0.1) is 11.8 Å². The Morgan fingerprint density at radius 2 is 2.14 bits per heavy atom. The minimum atomic E-state index is 0.443. The molecule has 0 aliphatic heterocycles. The van der Waals surface area contributed by atoms with Crippen LogP contribution >= 0.6 is 11.8 Å². The normalized spacial score (nSPS) is 12.5. The second-order valence-corrected chi connectivity index (χ2v) is 4.05. The summed E-state index contributed by atoms with van der Waals surface area (Å²) in [6, 6.07) is 0. The van der Waals surface area contributed by atoms with Crippen molar-refractivity contribution in [2.45, 2.75) is 11.8 Å². The topological polar surface area (TPSA) is 63.8 Å². The number of nitrogens with two attached hydrogens (primary N) is 1. The van der Waals surface area contributed by atoms with Crippen LogP contribution in [0.5, 0.6) is 0 Å². The Hall–Kier alpha value is -0.810. The van der Waals surface area contributed by atoms with E-state index in [2.05, 4.69) is 22.2 Å². The summed E-state index contributed by atoms with van der Waals surface area (Å²) in [6.45, 7) is 3.58. The molecule has 1 rings (SSSR count). The first-order valence-electron chi connectivity index (χ1n) is 4.56. The van der Waals surface area contributed by atoms with E-state index in [1.165, 1.54) is 0 Å². The first-order valence-corrected chi connectivity index (χ1v) is 5.78. The van der Waals surface area contributed by atoms with Crippen molar-refractivity contribution < 1.29 is 0 Å². The monoisotopic (exact) mass is 212 g/mol. The highest BCUT2D eigenvalue weighted by atomic mass is 32.2. The zero-order valence-corrected chi connectivity index (χ0v) is 9.34. The standard InChI is InChI=1S/C9H16N4S/c1-7(3-10)4-11-9-12-5-8(14-2)6-13-9/h5-7H,3-4,10H2,1-2H3,(H,11,12,13). The zero-order chi connectivity index (χ0) is 10.4. The third-order valence-corrected chi connectivity index (χ3v) is 2.56. The Kier molecular flexibility index (Phi) is 4.69. The molecule has 0 radical (unpaired) electrons. The van der Waals surface area contributed by atoms with Gasteiger partial charge in [0.25, 0.3) is 0 Å². The van der Waals surface area contributed by atoms with Crippen molar-refractivity contribution in [2.75, 3.05) is 24.7 Å². The Labute approximate surface area is 88.7 Å². The molecule has 1 heterocycles. The number of aromatic nitrogens is 2. The van der Waals surface area contributed by atoms with E-state index >= 15 is 0 Å². The second kappa shape index (κ2) is 5.82. The van der Waals surface area contributed by atoms with Gasteiger partial charge < -0.3 is 11.1 Å². The van der Waals surface area contributed by atoms with Gasteiger partial charge in [-0.3, -0.25) is 0 Å². The number of hydrogen-bond donors (Lipinski definition) is 2. The van der Waals surface area contributed by atoms with Crippen molar-refractivity contribution >= 4 is 17.7 Å². The quantitative estimate of drug-likeness (QED) is 0.718. The van der Waals surface area contributed by atoms with Crippen molar-refractivity contribution in [2.24, 2.45) is 11.7 Å². The molecule has 3 N–H and O–H groups in total. The van der Waals surface area contributed by atoms with Crippen LogP contribution < -0.4 is 11.1 Å². The summed E-state index contributed by atoms with van der Waals surface area (Å²) < 4.78 is 0. The predicted molar refractivity (Wildman–Crippen MR) is 60.5 cm³/mol. The third kappa shape index (κ3) is 3.51. The van der Waals surface area contributed by atoms with Crippen LogP contribution in [0.3, 0.4) is 0 Å². The van der Waals surface area contributed by atoms with E-state index in [9.17, 15) is 0 Å². The highest BCUT2D eigenvalue weighted by Gasteiger charge is 2.00. The molecule has 1 aromatic heterocycles. The Morgan fingerprint density at radius 3 is 2.64 bits per heavy atom. The lowest BCUT2D eigenvalue weighted by molar-refractivity contribution is 0.625. The van der Waals surface area contributed by atoms with Crippen LogP contribution in [-0.4, -0.2) is 29.3 Å². The van der Waals surface area contributed by atoms with Crippen LogP contribution in [-0.2, 0) is 0 Å². The maximum Gasteiger partial charge on any atom is 0.222 e. The molecule has 1 atom stereocenters. The number of nitrogens with one attached hydrogen (secondary N) is 1. The molecular formula is C9H16N4S. The van der Waals surface area contributed by atoms with E-state index in [0.29, 0.717) is 18.4 Å². The van der Waals surface area contributed by atoms with Crippen LogP contribution in [0.2, 0.25) is 0 Å². The van der Waals surface area contributed by atoms with Crippen molar-refractivity contribution in [3.05, 3.63) is 12.4 Å². The number of anilines is 1. The molecule has 1 unspecified atom stereocenters. The maximum atomic E-state index is 5.50. The van der Waals surface area contributed by atoms with E-state index in [-0.39, 0.29) is 0 Å². The second-order valence-electron chi connectivity index (χ2n) is 3.17. The van der Waals surface area contributed by atoms with Crippen LogP contribution in [0.15, 0.2) is 17.3 Å². The fraction of sp³-hybridized carbons (Fsp3) is 0.556. The minimum absolute atomic E-state index is 0.443. The highest BCUT2D eigenvalue weighted by molar-refractivity contribution is 7.98. The van der Waals surface area contributed by atoms with Gasteiger partial charge in [0.05, 0.1) is 0 Å². The highest BCUT2D eigenvalue weighted by Crippen LogP contribution is 2.11. The summed E-state index contributed by atoms with van der Waals surface area (Å²) in [6.07, 6.45) is 5.63. The largest absolute Gasteiger partial charge is 0.354 e. The van der Waals surface area contributed by atoms with Gasteiger partial charge in [-0.25, -0.2) is 9.97 Å². The first kappa shape index (κ1) is 11.3. The molecule has 0 aromatic carbocycles. The van der Waals surface area contributed by atoms with Crippen molar-refractivity contribution in [3.8, 4) is 0 Å². The van der Waals surface area contributed by atoms with E-state index in [0.717, 1.165) is 11.4 Å². The van der Waals surface area contributed by atoms with E-state index in [1.54, 1.807) is 11.8 Å². The first-order chi connectivity index (χ1) is 6.76. The SMILES string of the molecule is CSc1cnc(NCC(C)CN)nc1. The smallest absolute Gasteiger partial charge is 0.222 e. The van der Waals surface area contributed by atoms with Gasteiger partial charge in [0.1, 0.15) is 0 Å². The van der Waals surface area contributed by atoms with Gasteiger partial charge in [-0.2, -0.15) is 0 Å². The summed E-state index contributed by atoms with van der Waals surface area (Å²) in [5.41, 5.74) is 5.50. The van der Waals surface area contributed by atoms with Crippen molar-refractivity contribution in [1.29, 1.82) is 0 Å². The minimum Gasteiger partial charge on any atom is -0.354 e. The molecule has 0 bridgehead atoms. The number of rotatable bonds is 5. The molecule has 1 aromatic rings. The summed E-state index contributed by atoms with van der Waals surface area (Å²) in [4.78, 5) is 9.42. The zero-order valence-electron chi connectivity index (χ0n) is 8.53. The van der Waals surface area contributed by atoms with E-state index in [1.807, 2.05) is 18.6 Å². The van der Waals surface area contributed by atoms with Gasteiger partial charge in [0.15, 0.2) is 0 Å². The van der Waals surface area contributed by atoms with Crippen molar-refractivity contribution in [3.63, 3.8) is 0 Å². The summed E-state index contributed by atoms with van der Waals surface area (Å²) >= 11 is 1.63. The fourth-order valence-corrected chi connectivity index (χ4v) is 1.18. The lowest BCUT2D eigenvalue weighted by Gasteiger charge is -2.09. The third-order valence-electron chi connectivity index (χ3n) is 1.87. The van der Waals surface area contributed by atoms with Crippen LogP contribution in [0.4, 0.5) is 5.95 Å². The Balaban J connectivity index is 2.43. The average Bonchev–Trinajstić information content (AvgIpc) is 2.26. The lowest BCUT2D eigenvalue weighted by Crippen LogP contribution is -2.20. The predicted octanol–water partition coefficient (Wildman–Crippen LogP) is 1.21. The molecule has 14 heavy (non-hydrogen) atoms. The number of hydrogen-bond acceptors (Lipinski definition) is 5. The summed E-state index contributed by atoms with van der Waals surface area (Å²) in [5, 5.41) is 3.14. The Bertz CT molecular complexity index is 262. The molecule has 78 valence electrons. The molecule has 4 nitrogen and oxygen atoms in total. The molecule has 0 saturated heterocycles. The molecular weight excluding hydrogens is 196 g/mol. The van der Waals surface area contributed by atoms with E-state index < -0.39 is 0 Å². The average molecular weight is 212 g/mol. The lowest BCUT2D eigenvalue weighted by atomic mass is 10.2. The molecule has 0 aliphatic rings. The number of nitrogens with zero attached hydrogens (tertiary/aromatic N) is 2. The van der Waals surface area contributed by atoms with Gasteiger partial charge >= 0.3 is 0 Å². The fourth-order valence-electron chi connectivity index (χ4n) is 0.862. The molecule has 5 heteroatoms. The summed E-state index contributed by atoms with van der Waals surface area (Å²) in [7, 11) is 0. The van der Waals surface area contributed by atoms with E-state index in [4.69, 9.17) is 5.73 Å². The molecule has 0 amide bonds. The van der Waals surface area contributed by atoms with Crippen LogP contribution in [0.1, 0.15) is 6.92 Å². The number of thioether (sulfide) groups is 1. The summed E-state index contributed by atoms with van der Waals surface area (Å²) in [5.74, 6) is 1.11.